The van der Waals surface area contributed by atoms with Crippen molar-refractivity contribution in [1.29, 1.82) is 0 Å². The van der Waals surface area contributed by atoms with Crippen LogP contribution in [0, 0.1) is 17.8 Å². The molecule has 6 atom stereocenters. The van der Waals surface area contributed by atoms with Crippen molar-refractivity contribution in [1.82, 2.24) is 31.1 Å². The van der Waals surface area contributed by atoms with Crippen LogP contribution in [0.15, 0.2) is 28.7 Å². The van der Waals surface area contributed by atoms with Crippen LogP contribution >= 0.6 is 15.9 Å². The first-order valence-corrected chi connectivity index (χ1v) is 22.1. The number of carbonyl (C=O) groups is 7. The molecule has 4 rings (SSSR count). The van der Waals surface area contributed by atoms with E-state index in [4.69, 9.17) is 9.53 Å². The van der Waals surface area contributed by atoms with Crippen LogP contribution in [0.4, 0.5) is 4.79 Å². The molecule has 2 aliphatic carbocycles. The molecule has 2 saturated carbocycles. The molecule has 0 aromatic heterocycles. The number of likely N-dealkylation sites (tertiary alicyclic amines) is 1. The first-order chi connectivity index (χ1) is 28.3. The van der Waals surface area contributed by atoms with Gasteiger partial charge in [0.1, 0.15) is 30.5 Å². The molecule has 1 aromatic rings. The lowest BCUT2D eigenvalue weighted by Gasteiger charge is -2.36. The summed E-state index contributed by atoms with van der Waals surface area (Å²) in [5, 5.41) is 21.4. The molecule has 0 radical (unpaired) electrons. The molecule has 340 valence electrons. The number of Topliss-reactive ketones (excluding diaryl/α,β-unsaturated/α-hetero) is 1. The van der Waals surface area contributed by atoms with Gasteiger partial charge in [-0.1, -0.05) is 74.0 Å². The van der Waals surface area contributed by atoms with E-state index >= 15 is 0 Å². The number of carbonyl (C=O) groups excluding carboxylic acids is 7. The van der Waals surface area contributed by atoms with E-state index in [1.54, 1.807) is 53.7 Å². The highest BCUT2D eigenvalue weighted by Crippen LogP contribution is 2.35. The summed E-state index contributed by atoms with van der Waals surface area (Å²) in [5.41, 5.74) is 0.0534. The van der Waals surface area contributed by atoms with Crippen molar-refractivity contribution >= 4 is 58.2 Å². The highest BCUT2D eigenvalue weighted by atomic mass is 79.9. The second-order valence-corrected chi connectivity index (χ2v) is 17.7. The lowest BCUT2D eigenvalue weighted by atomic mass is 9.83. The van der Waals surface area contributed by atoms with Crippen molar-refractivity contribution < 1.29 is 43.4 Å². The zero-order valence-corrected chi connectivity index (χ0v) is 39.2. The lowest BCUT2D eigenvalue weighted by molar-refractivity contribution is -0.143. The van der Waals surface area contributed by atoms with Gasteiger partial charge in [0.2, 0.25) is 23.6 Å². The normalized spacial score (nSPS) is 19.4. The fourth-order valence-corrected chi connectivity index (χ4v) is 7.71. The summed E-state index contributed by atoms with van der Waals surface area (Å²) in [5.74, 6) is -0.909. The second-order valence-electron chi connectivity index (χ2n) is 16.8. The molecule has 3 aliphatic rings. The molecule has 16 heteroatoms. The minimum absolute atomic E-state index is 0.0341. The molecule has 1 saturated heterocycles. The number of nitrogens with zero attached hydrogens (tertiary/aromatic N) is 2. The van der Waals surface area contributed by atoms with E-state index in [1.165, 1.54) is 11.8 Å². The standard InChI is InChI=1S/C28H47N3O6.C13H18BrN3O2.C2H6.CH2O/c1-17(32)15-21-13-14-31(24(21)25(34)29-22(18(2)33)16-19-11-12-19)26(35)23(20-9-7-6-8-10-20)30-27(36)37-28(3,4)5;1-15-8-11(18)16-12(13(19)17(2)3)9-4-6-10(14)7-5-9;2*1-2/h17,19-24,32H,6-16H2,1-5H3,(H,29,34)(H,30,36);4-7,12,15H,8H2,1-3H3,(H,16,18);1-2H3;1H2/t17?,21-,22?,23?,24?;;;/m1.../s1. The van der Waals surface area contributed by atoms with Crippen LogP contribution in [0.5, 0.6) is 0 Å². The predicted octanol–water partition coefficient (Wildman–Crippen LogP) is 5.08. The third-order valence-electron chi connectivity index (χ3n) is 10.4. The zero-order chi connectivity index (χ0) is 45.7. The number of ketones is 1. The average molecular weight is 910 g/mol. The molecular weight excluding hydrogens is 836 g/mol. The van der Waals surface area contributed by atoms with Gasteiger partial charge in [-0.15, -0.1) is 0 Å². The van der Waals surface area contributed by atoms with E-state index in [0.29, 0.717) is 31.7 Å². The van der Waals surface area contributed by atoms with E-state index in [2.05, 4.69) is 37.2 Å². The summed E-state index contributed by atoms with van der Waals surface area (Å²) < 4.78 is 6.40. The summed E-state index contributed by atoms with van der Waals surface area (Å²) in [6.07, 6.45) is 7.16. The SMILES string of the molecule is C=O.CC.CC(=O)C(CC1CC1)NC(=O)C1[C@@H](CC(C)O)CCN1C(=O)C(NC(=O)OC(C)(C)C)C1CCCCC1.CNCC(=O)NC(C(=O)N(C)C)c1ccc(Br)cc1. The number of benzene rings is 1. The molecule has 5 unspecified atom stereocenters. The predicted molar refractivity (Wildman–Crippen MR) is 236 cm³/mol. The van der Waals surface area contributed by atoms with Crippen LogP contribution in [-0.4, -0.2) is 121 Å². The maximum Gasteiger partial charge on any atom is 0.408 e. The van der Waals surface area contributed by atoms with Gasteiger partial charge in [0.15, 0.2) is 5.78 Å². The molecule has 0 bridgehead atoms. The Morgan fingerprint density at radius 3 is 1.98 bits per heavy atom. The van der Waals surface area contributed by atoms with E-state index in [-0.39, 0.29) is 47.8 Å². The first-order valence-electron chi connectivity index (χ1n) is 21.3. The molecule has 0 spiro atoms. The number of nitrogens with one attached hydrogen (secondary N) is 4. The number of hydrogen-bond acceptors (Lipinski definition) is 10. The molecule has 3 fully saturated rings. The minimum Gasteiger partial charge on any atom is -0.444 e. The molecule has 5 amide bonds. The molecule has 15 nitrogen and oxygen atoms in total. The van der Waals surface area contributed by atoms with Gasteiger partial charge in [-0.05, 0) is 109 Å². The summed E-state index contributed by atoms with van der Waals surface area (Å²) in [6, 6.07) is 4.50. The maximum atomic E-state index is 14.0. The van der Waals surface area contributed by atoms with Gasteiger partial charge >= 0.3 is 6.09 Å². The van der Waals surface area contributed by atoms with Gasteiger partial charge in [0, 0.05) is 25.1 Å². The van der Waals surface area contributed by atoms with Crippen LogP contribution in [0.1, 0.15) is 124 Å². The van der Waals surface area contributed by atoms with Crippen LogP contribution < -0.4 is 21.3 Å². The number of ether oxygens (including phenoxy) is 1. The molecule has 60 heavy (non-hydrogen) atoms. The number of amides is 5. The maximum absolute atomic E-state index is 14.0. The topological polar surface area (TPSA) is 204 Å². The van der Waals surface area contributed by atoms with Crippen LogP contribution in [0.25, 0.3) is 0 Å². The van der Waals surface area contributed by atoms with E-state index in [0.717, 1.165) is 55.0 Å². The molecular formula is C44H73BrN6O9. The Morgan fingerprint density at radius 2 is 1.50 bits per heavy atom. The number of halogens is 1. The Balaban J connectivity index is 0.000000658. The monoisotopic (exact) mass is 908 g/mol. The van der Waals surface area contributed by atoms with Gasteiger partial charge in [-0.25, -0.2) is 4.79 Å². The summed E-state index contributed by atoms with van der Waals surface area (Å²) in [4.78, 5) is 87.5. The fourth-order valence-electron chi connectivity index (χ4n) is 7.45. The Hall–Kier alpha value is -3.89. The molecule has 1 aromatic carbocycles. The van der Waals surface area contributed by atoms with Crippen molar-refractivity contribution in [2.24, 2.45) is 17.8 Å². The number of aliphatic hydroxyl groups is 1. The fraction of sp³-hybridized carbons (Fsp3) is 0.705. The Morgan fingerprint density at radius 1 is 0.917 bits per heavy atom. The van der Waals surface area contributed by atoms with Gasteiger partial charge in [0.05, 0.1) is 18.7 Å². The van der Waals surface area contributed by atoms with Gasteiger partial charge in [-0.2, -0.15) is 0 Å². The van der Waals surface area contributed by atoms with Crippen LogP contribution in [-0.2, 0) is 33.5 Å². The third-order valence-corrected chi connectivity index (χ3v) is 10.9. The van der Waals surface area contributed by atoms with Crippen molar-refractivity contribution in [3.8, 4) is 0 Å². The summed E-state index contributed by atoms with van der Waals surface area (Å²) in [7, 11) is 5.01. The number of hydrogen-bond donors (Lipinski definition) is 5. The van der Waals surface area contributed by atoms with E-state index in [1.807, 2.05) is 44.9 Å². The van der Waals surface area contributed by atoms with Gasteiger partial charge in [0.25, 0.3) is 0 Å². The Kier molecular flexibility index (Phi) is 24.5. The molecule has 5 N–H and O–H groups in total. The Bertz CT molecular complexity index is 1510. The highest BCUT2D eigenvalue weighted by Gasteiger charge is 2.46. The smallest absolute Gasteiger partial charge is 0.408 e. The molecule has 1 heterocycles. The molecule has 1 aliphatic heterocycles. The lowest BCUT2D eigenvalue weighted by Crippen LogP contribution is -2.58. The quantitative estimate of drug-likeness (QED) is 0.158. The van der Waals surface area contributed by atoms with Crippen molar-refractivity contribution in [2.75, 3.05) is 34.2 Å². The third kappa shape index (κ3) is 18.8. The number of rotatable bonds is 15. The number of aliphatic hydroxyl groups excluding tert-OH is 1. The minimum atomic E-state index is -0.797. The van der Waals surface area contributed by atoms with Crippen LogP contribution in [0.2, 0.25) is 0 Å². The van der Waals surface area contributed by atoms with Gasteiger partial charge in [-0.3, -0.25) is 24.0 Å². The van der Waals surface area contributed by atoms with Gasteiger partial charge < -0.3 is 45.7 Å². The summed E-state index contributed by atoms with van der Waals surface area (Å²) in [6.45, 7) is 15.0. The largest absolute Gasteiger partial charge is 0.444 e. The van der Waals surface area contributed by atoms with E-state index in [9.17, 15) is 33.9 Å². The second kappa shape index (κ2) is 27.1. The van der Waals surface area contributed by atoms with Crippen molar-refractivity contribution in [2.45, 2.75) is 149 Å². The van der Waals surface area contributed by atoms with E-state index < -0.39 is 42.0 Å². The summed E-state index contributed by atoms with van der Waals surface area (Å²) >= 11 is 3.34. The zero-order valence-electron chi connectivity index (χ0n) is 37.6. The Labute approximate surface area is 366 Å². The van der Waals surface area contributed by atoms with Crippen molar-refractivity contribution in [3.05, 3.63) is 34.3 Å². The average Bonchev–Trinajstić information content (AvgIpc) is 3.93. The highest BCUT2D eigenvalue weighted by molar-refractivity contribution is 9.10. The number of likely N-dealkylation sites (N-methyl/N-ethyl adjacent to an activating group) is 2. The number of alkyl carbamates (subject to hydrolysis) is 1. The van der Waals surface area contributed by atoms with Crippen molar-refractivity contribution in [3.63, 3.8) is 0 Å². The van der Waals surface area contributed by atoms with Crippen LogP contribution in [0.3, 0.4) is 0 Å². The first kappa shape index (κ1) is 54.1.